The number of ether oxygens (including phenoxy) is 2. The SMILES string of the molecule is COc1ccc2[nH]c(=O)c(C#N)c(Nc3cc(OC)c(Cl)cc3Cl)c2c1. The predicted octanol–water partition coefficient (Wildman–Crippen LogP) is 4.47. The highest BCUT2D eigenvalue weighted by Gasteiger charge is 2.16. The molecule has 26 heavy (non-hydrogen) atoms. The van der Waals surface area contributed by atoms with Crippen LogP contribution in [0.2, 0.25) is 10.0 Å². The van der Waals surface area contributed by atoms with Crippen LogP contribution in [0.5, 0.6) is 11.5 Å². The molecular weight excluding hydrogens is 377 g/mol. The first-order chi connectivity index (χ1) is 12.5. The average molecular weight is 390 g/mol. The first kappa shape index (κ1) is 17.9. The molecule has 6 nitrogen and oxygen atoms in total. The molecule has 0 spiro atoms. The number of fused-ring (bicyclic) bond motifs is 1. The number of hydrogen-bond donors (Lipinski definition) is 2. The minimum atomic E-state index is -0.510. The van der Waals surface area contributed by atoms with Gasteiger partial charge in [0.05, 0.1) is 41.2 Å². The zero-order valence-electron chi connectivity index (χ0n) is 13.8. The van der Waals surface area contributed by atoms with Gasteiger partial charge in [-0.1, -0.05) is 23.2 Å². The van der Waals surface area contributed by atoms with E-state index < -0.39 is 5.56 Å². The van der Waals surface area contributed by atoms with Gasteiger partial charge in [0.25, 0.3) is 5.56 Å². The van der Waals surface area contributed by atoms with E-state index in [4.69, 9.17) is 32.7 Å². The predicted molar refractivity (Wildman–Crippen MR) is 102 cm³/mol. The molecule has 0 atom stereocenters. The maximum Gasteiger partial charge on any atom is 0.268 e. The maximum absolute atomic E-state index is 12.3. The molecule has 1 aromatic heterocycles. The van der Waals surface area contributed by atoms with E-state index in [-0.39, 0.29) is 5.56 Å². The van der Waals surface area contributed by atoms with E-state index in [0.717, 1.165) is 0 Å². The van der Waals surface area contributed by atoms with Crippen molar-refractivity contribution in [2.24, 2.45) is 0 Å². The third-order valence-electron chi connectivity index (χ3n) is 3.83. The summed E-state index contributed by atoms with van der Waals surface area (Å²) in [5, 5.41) is 13.8. The van der Waals surface area contributed by atoms with Gasteiger partial charge in [-0.25, -0.2) is 0 Å². The van der Waals surface area contributed by atoms with E-state index in [2.05, 4.69) is 10.3 Å². The number of benzene rings is 2. The zero-order valence-corrected chi connectivity index (χ0v) is 15.3. The molecule has 0 bridgehead atoms. The second-order valence-corrected chi connectivity index (χ2v) is 6.13. The van der Waals surface area contributed by atoms with Crippen LogP contribution in [0.25, 0.3) is 10.9 Å². The number of H-pyrrole nitrogens is 1. The summed E-state index contributed by atoms with van der Waals surface area (Å²) < 4.78 is 10.4. The van der Waals surface area contributed by atoms with Crippen molar-refractivity contribution in [3.63, 3.8) is 0 Å². The largest absolute Gasteiger partial charge is 0.497 e. The van der Waals surface area contributed by atoms with Crippen LogP contribution in [0.4, 0.5) is 11.4 Å². The highest BCUT2D eigenvalue weighted by molar-refractivity contribution is 6.37. The molecule has 2 N–H and O–H groups in total. The second-order valence-electron chi connectivity index (χ2n) is 5.32. The lowest BCUT2D eigenvalue weighted by atomic mass is 10.1. The van der Waals surface area contributed by atoms with E-state index in [1.54, 1.807) is 24.3 Å². The molecule has 2 aromatic carbocycles. The number of pyridine rings is 1. The summed E-state index contributed by atoms with van der Waals surface area (Å²) in [4.78, 5) is 14.9. The summed E-state index contributed by atoms with van der Waals surface area (Å²) in [6, 6.07) is 10.2. The van der Waals surface area contributed by atoms with Crippen molar-refractivity contribution in [3.8, 4) is 17.6 Å². The molecule has 0 saturated heterocycles. The summed E-state index contributed by atoms with van der Waals surface area (Å²) in [6.45, 7) is 0. The van der Waals surface area contributed by atoms with Gasteiger partial charge in [-0.15, -0.1) is 0 Å². The number of nitrogens with zero attached hydrogens (tertiary/aromatic N) is 1. The van der Waals surface area contributed by atoms with Crippen LogP contribution < -0.4 is 20.3 Å². The Hall–Kier alpha value is -2.88. The monoisotopic (exact) mass is 389 g/mol. The van der Waals surface area contributed by atoms with Crippen molar-refractivity contribution in [2.45, 2.75) is 0 Å². The minimum Gasteiger partial charge on any atom is -0.497 e. The quantitative estimate of drug-likeness (QED) is 0.687. The molecule has 0 aliphatic heterocycles. The molecule has 0 radical (unpaired) electrons. The number of halogens is 2. The smallest absolute Gasteiger partial charge is 0.268 e. The van der Waals surface area contributed by atoms with Crippen LogP contribution >= 0.6 is 23.2 Å². The van der Waals surface area contributed by atoms with Gasteiger partial charge in [0.1, 0.15) is 23.1 Å². The average Bonchev–Trinajstić information content (AvgIpc) is 2.63. The number of nitrogens with one attached hydrogen (secondary N) is 2. The van der Waals surface area contributed by atoms with E-state index in [0.29, 0.717) is 43.8 Å². The number of rotatable bonds is 4. The van der Waals surface area contributed by atoms with Gasteiger partial charge in [0.15, 0.2) is 0 Å². The maximum atomic E-state index is 12.3. The van der Waals surface area contributed by atoms with Crippen molar-refractivity contribution < 1.29 is 9.47 Å². The van der Waals surface area contributed by atoms with E-state index >= 15 is 0 Å². The Morgan fingerprint density at radius 3 is 2.54 bits per heavy atom. The van der Waals surface area contributed by atoms with Crippen molar-refractivity contribution in [1.29, 1.82) is 5.26 Å². The van der Waals surface area contributed by atoms with Crippen molar-refractivity contribution in [3.05, 3.63) is 56.3 Å². The lowest BCUT2D eigenvalue weighted by molar-refractivity contribution is 0.415. The number of aromatic nitrogens is 1. The van der Waals surface area contributed by atoms with Gasteiger partial charge in [-0.3, -0.25) is 4.79 Å². The summed E-state index contributed by atoms with van der Waals surface area (Å²) >= 11 is 12.3. The molecule has 0 amide bonds. The Balaban J connectivity index is 2.27. The van der Waals surface area contributed by atoms with Crippen molar-refractivity contribution >= 4 is 45.5 Å². The molecular formula is C18H13Cl2N3O3. The summed E-state index contributed by atoms with van der Waals surface area (Å²) in [5.74, 6) is 0.986. The zero-order chi connectivity index (χ0) is 18.8. The Morgan fingerprint density at radius 1 is 1.12 bits per heavy atom. The van der Waals surface area contributed by atoms with E-state index in [1.165, 1.54) is 20.3 Å². The molecule has 0 unspecified atom stereocenters. The van der Waals surface area contributed by atoms with Crippen LogP contribution in [0, 0.1) is 11.3 Å². The number of nitriles is 1. The molecule has 8 heteroatoms. The second kappa shape index (κ2) is 7.16. The first-order valence-electron chi connectivity index (χ1n) is 7.42. The fourth-order valence-electron chi connectivity index (χ4n) is 2.55. The van der Waals surface area contributed by atoms with Gasteiger partial charge in [0, 0.05) is 11.5 Å². The van der Waals surface area contributed by atoms with Crippen LogP contribution in [0.15, 0.2) is 35.1 Å². The van der Waals surface area contributed by atoms with Crippen LogP contribution in [-0.2, 0) is 0 Å². The molecule has 132 valence electrons. The summed E-state index contributed by atoms with van der Waals surface area (Å²) in [7, 11) is 3.01. The van der Waals surface area contributed by atoms with Gasteiger partial charge in [0.2, 0.25) is 0 Å². The van der Waals surface area contributed by atoms with E-state index in [9.17, 15) is 10.1 Å². The van der Waals surface area contributed by atoms with Gasteiger partial charge in [-0.05, 0) is 24.3 Å². The fourth-order valence-corrected chi connectivity index (χ4v) is 3.06. The molecule has 3 rings (SSSR count). The number of anilines is 2. The number of aromatic amines is 1. The first-order valence-corrected chi connectivity index (χ1v) is 8.18. The lowest BCUT2D eigenvalue weighted by Gasteiger charge is -2.15. The molecule has 0 aliphatic carbocycles. The molecule has 0 fully saturated rings. The highest BCUT2D eigenvalue weighted by atomic mass is 35.5. The lowest BCUT2D eigenvalue weighted by Crippen LogP contribution is -2.13. The standard InChI is InChI=1S/C18H13Cl2N3O3/c1-25-9-3-4-14-10(5-9)17(11(8-21)18(24)23-14)22-15-7-16(26-2)13(20)6-12(15)19/h3-7H,1-2H3,(H2,22,23,24). The molecule has 3 aromatic rings. The third-order valence-corrected chi connectivity index (χ3v) is 4.44. The Labute approximate surface area is 158 Å². The fraction of sp³-hybridized carbons (Fsp3) is 0.111. The Morgan fingerprint density at radius 2 is 1.88 bits per heavy atom. The topological polar surface area (TPSA) is 87.1 Å². The Bertz CT molecular complexity index is 1100. The summed E-state index contributed by atoms with van der Waals surface area (Å²) in [6.07, 6.45) is 0. The normalized spacial score (nSPS) is 10.4. The van der Waals surface area contributed by atoms with Crippen molar-refractivity contribution in [2.75, 3.05) is 19.5 Å². The van der Waals surface area contributed by atoms with Gasteiger partial charge >= 0.3 is 0 Å². The summed E-state index contributed by atoms with van der Waals surface area (Å²) in [5.41, 5.74) is 0.727. The van der Waals surface area contributed by atoms with Crippen LogP contribution in [-0.4, -0.2) is 19.2 Å². The number of hydrogen-bond acceptors (Lipinski definition) is 5. The van der Waals surface area contributed by atoms with E-state index in [1.807, 2.05) is 6.07 Å². The van der Waals surface area contributed by atoms with Gasteiger partial charge < -0.3 is 19.8 Å². The molecule has 0 saturated carbocycles. The highest BCUT2D eigenvalue weighted by Crippen LogP contribution is 2.37. The molecule has 0 aliphatic rings. The van der Waals surface area contributed by atoms with Crippen LogP contribution in [0.1, 0.15) is 5.56 Å². The number of methoxy groups -OCH3 is 2. The Kier molecular flexibility index (Phi) is 4.94. The van der Waals surface area contributed by atoms with Crippen LogP contribution in [0.3, 0.4) is 0 Å². The van der Waals surface area contributed by atoms with Crippen molar-refractivity contribution in [1.82, 2.24) is 4.98 Å². The third kappa shape index (κ3) is 3.15. The molecule has 1 heterocycles. The van der Waals surface area contributed by atoms with Gasteiger partial charge in [-0.2, -0.15) is 5.26 Å². The minimum absolute atomic E-state index is 0.0734.